The van der Waals surface area contributed by atoms with E-state index >= 15 is 0 Å². The fraction of sp³-hybridized carbons (Fsp3) is 0.200. The van der Waals surface area contributed by atoms with Gasteiger partial charge < -0.3 is 0 Å². The number of Topliss-reactive ketones (excluding diaryl/α,β-unsaturated/α-hetero) is 1. The van der Waals surface area contributed by atoms with Crippen LogP contribution >= 0.6 is 0 Å². The number of aryl methyl sites for hydroxylation is 1. The number of ketones is 1. The van der Waals surface area contributed by atoms with Crippen LogP contribution < -0.4 is 0 Å². The molecular weight excluding hydrogens is 192 g/mol. The molecule has 0 aliphatic rings. The second-order valence-electron chi connectivity index (χ2n) is 3.15. The number of carbonyl (C=O) groups is 1. The van der Waals surface area contributed by atoms with E-state index in [0.29, 0.717) is 0 Å². The minimum Gasteiger partial charge on any atom is -0.290 e. The topological polar surface area (TPSA) is 60.7 Å². The van der Waals surface area contributed by atoms with E-state index in [9.17, 15) is 4.79 Å². The van der Waals surface area contributed by atoms with Gasteiger partial charge in [0.15, 0.2) is 5.82 Å². The lowest BCUT2D eigenvalue weighted by atomic mass is 10.2. The molecule has 0 saturated heterocycles. The summed E-state index contributed by atoms with van der Waals surface area (Å²) in [6, 6.07) is 3.48. The van der Waals surface area contributed by atoms with Crippen LogP contribution in [0.25, 0.3) is 0 Å². The molecule has 2 aromatic rings. The smallest absolute Gasteiger partial charge is 0.206 e. The second kappa shape index (κ2) is 4.00. The molecule has 0 saturated carbocycles. The molecule has 0 aromatic carbocycles. The lowest BCUT2D eigenvalue weighted by Gasteiger charge is -1.95. The van der Waals surface area contributed by atoms with Crippen LogP contribution in [0.4, 0.5) is 0 Å². The Morgan fingerprint density at radius 3 is 2.73 bits per heavy atom. The normalized spacial score (nSPS) is 10.2. The Kier molecular flexibility index (Phi) is 2.53. The van der Waals surface area contributed by atoms with Crippen LogP contribution in [0.3, 0.4) is 0 Å². The molecule has 2 heterocycles. The Balaban J connectivity index is 2.11. The Hall–Kier alpha value is -2.04. The predicted octanol–water partition coefficient (Wildman–Crippen LogP) is 0.635. The van der Waals surface area contributed by atoms with E-state index in [2.05, 4.69) is 15.1 Å². The summed E-state index contributed by atoms with van der Waals surface area (Å²) >= 11 is 0. The molecule has 0 radical (unpaired) electrons. The molecule has 0 aliphatic carbocycles. The maximum atomic E-state index is 11.6. The van der Waals surface area contributed by atoms with Crippen LogP contribution in [0.15, 0.2) is 30.7 Å². The van der Waals surface area contributed by atoms with Crippen molar-refractivity contribution in [3.8, 4) is 0 Å². The lowest BCUT2D eigenvalue weighted by molar-refractivity contribution is 0.0982. The molecule has 0 unspecified atom stereocenters. The number of aromatic nitrogens is 4. The van der Waals surface area contributed by atoms with Crippen molar-refractivity contribution in [2.45, 2.75) is 6.42 Å². The zero-order valence-electron chi connectivity index (χ0n) is 8.29. The minimum absolute atomic E-state index is 0.116. The van der Waals surface area contributed by atoms with Gasteiger partial charge in [-0.3, -0.25) is 9.48 Å². The third-order valence-corrected chi connectivity index (χ3v) is 1.93. The number of hydrogen-bond donors (Lipinski definition) is 0. The molecule has 0 N–H and O–H groups in total. The first kappa shape index (κ1) is 9.51. The average molecular weight is 202 g/mol. The molecule has 5 nitrogen and oxygen atoms in total. The summed E-state index contributed by atoms with van der Waals surface area (Å²) < 4.78 is 1.66. The standard InChI is InChI=1S/C10H10N4O/c1-14-6-3-8(13-14)7-9(15)10-11-4-2-5-12-10/h2-6H,7H2,1H3. The summed E-state index contributed by atoms with van der Waals surface area (Å²) in [7, 11) is 1.81. The Morgan fingerprint density at radius 1 is 1.40 bits per heavy atom. The highest BCUT2D eigenvalue weighted by Gasteiger charge is 2.10. The van der Waals surface area contributed by atoms with Crippen LogP contribution in [0.2, 0.25) is 0 Å². The number of rotatable bonds is 3. The summed E-state index contributed by atoms with van der Waals surface area (Å²) in [5, 5.41) is 4.12. The van der Waals surface area contributed by atoms with Gasteiger partial charge in [0.05, 0.1) is 12.1 Å². The third-order valence-electron chi connectivity index (χ3n) is 1.93. The van der Waals surface area contributed by atoms with E-state index in [1.807, 2.05) is 7.05 Å². The number of nitrogens with zero attached hydrogens (tertiary/aromatic N) is 4. The van der Waals surface area contributed by atoms with Gasteiger partial charge in [-0.05, 0) is 12.1 Å². The van der Waals surface area contributed by atoms with Crippen molar-refractivity contribution in [1.82, 2.24) is 19.7 Å². The fourth-order valence-corrected chi connectivity index (χ4v) is 1.24. The SMILES string of the molecule is Cn1ccc(CC(=O)c2ncccn2)n1. The zero-order chi connectivity index (χ0) is 10.7. The highest BCUT2D eigenvalue weighted by atomic mass is 16.1. The fourth-order valence-electron chi connectivity index (χ4n) is 1.24. The van der Waals surface area contributed by atoms with Gasteiger partial charge in [-0.25, -0.2) is 9.97 Å². The van der Waals surface area contributed by atoms with E-state index in [1.165, 1.54) is 0 Å². The molecule has 0 spiro atoms. The minimum atomic E-state index is -0.116. The van der Waals surface area contributed by atoms with Gasteiger partial charge in [0, 0.05) is 25.6 Å². The van der Waals surface area contributed by atoms with Crippen LogP contribution in [0.5, 0.6) is 0 Å². The van der Waals surface area contributed by atoms with E-state index < -0.39 is 0 Å². The highest BCUT2D eigenvalue weighted by Crippen LogP contribution is 2.00. The summed E-state index contributed by atoms with van der Waals surface area (Å²) in [5.41, 5.74) is 0.731. The van der Waals surface area contributed by atoms with E-state index in [-0.39, 0.29) is 18.0 Å². The Bertz CT molecular complexity index is 463. The molecule has 5 heteroatoms. The van der Waals surface area contributed by atoms with Crippen LogP contribution in [-0.2, 0) is 13.5 Å². The van der Waals surface area contributed by atoms with Gasteiger partial charge in [0.1, 0.15) is 0 Å². The average Bonchev–Trinajstić information content (AvgIpc) is 2.65. The molecule has 0 aliphatic heterocycles. The molecule has 0 fully saturated rings. The maximum Gasteiger partial charge on any atom is 0.206 e. The van der Waals surface area contributed by atoms with Crippen molar-refractivity contribution >= 4 is 5.78 Å². The van der Waals surface area contributed by atoms with Gasteiger partial charge in [0.25, 0.3) is 0 Å². The van der Waals surface area contributed by atoms with Crippen LogP contribution in [0.1, 0.15) is 16.3 Å². The van der Waals surface area contributed by atoms with Gasteiger partial charge in [-0.15, -0.1) is 0 Å². The first-order valence-corrected chi connectivity index (χ1v) is 4.54. The van der Waals surface area contributed by atoms with Gasteiger partial charge in [-0.2, -0.15) is 5.10 Å². The molecule has 0 bridgehead atoms. The van der Waals surface area contributed by atoms with Crippen LogP contribution in [0, 0.1) is 0 Å². The summed E-state index contributed by atoms with van der Waals surface area (Å²) in [5.74, 6) is 0.123. The predicted molar refractivity (Wildman–Crippen MR) is 53.3 cm³/mol. The molecule has 15 heavy (non-hydrogen) atoms. The third kappa shape index (κ3) is 2.25. The summed E-state index contributed by atoms with van der Waals surface area (Å²) in [6.07, 6.45) is 5.15. The lowest BCUT2D eigenvalue weighted by Crippen LogP contribution is -2.08. The van der Waals surface area contributed by atoms with Crippen LogP contribution in [-0.4, -0.2) is 25.5 Å². The van der Waals surface area contributed by atoms with Gasteiger partial charge in [-0.1, -0.05) is 0 Å². The van der Waals surface area contributed by atoms with E-state index in [0.717, 1.165) is 5.69 Å². The van der Waals surface area contributed by atoms with Crippen molar-refractivity contribution in [2.75, 3.05) is 0 Å². The quantitative estimate of drug-likeness (QED) is 0.685. The summed E-state index contributed by atoms with van der Waals surface area (Å²) in [6.45, 7) is 0. The van der Waals surface area contributed by atoms with Gasteiger partial charge in [0.2, 0.25) is 5.78 Å². The number of hydrogen-bond acceptors (Lipinski definition) is 4. The second-order valence-corrected chi connectivity index (χ2v) is 3.15. The molecule has 0 amide bonds. The van der Waals surface area contributed by atoms with Crippen molar-refractivity contribution in [1.29, 1.82) is 0 Å². The molecule has 76 valence electrons. The highest BCUT2D eigenvalue weighted by molar-refractivity contribution is 5.93. The Labute approximate surface area is 86.8 Å². The molecule has 0 atom stereocenters. The van der Waals surface area contributed by atoms with Crippen molar-refractivity contribution < 1.29 is 4.79 Å². The first-order valence-electron chi connectivity index (χ1n) is 4.54. The Morgan fingerprint density at radius 2 is 2.13 bits per heavy atom. The van der Waals surface area contributed by atoms with Gasteiger partial charge >= 0.3 is 0 Å². The first-order chi connectivity index (χ1) is 7.25. The van der Waals surface area contributed by atoms with E-state index in [4.69, 9.17) is 0 Å². The van der Waals surface area contributed by atoms with Crippen molar-refractivity contribution in [3.05, 3.63) is 42.2 Å². The molecule has 2 aromatic heterocycles. The molecular formula is C10H10N4O. The monoisotopic (exact) mass is 202 g/mol. The summed E-state index contributed by atoms with van der Waals surface area (Å²) in [4.78, 5) is 19.4. The van der Waals surface area contributed by atoms with Crippen molar-refractivity contribution in [2.24, 2.45) is 7.05 Å². The zero-order valence-corrected chi connectivity index (χ0v) is 8.29. The largest absolute Gasteiger partial charge is 0.290 e. The van der Waals surface area contributed by atoms with E-state index in [1.54, 1.807) is 35.4 Å². The number of carbonyl (C=O) groups excluding carboxylic acids is 1. The van der Waals surface area contributed by atoms with Crippen molar-refractivity contribution in [3.63, 3.8) is 0 Å². The maximum absolute atomic E-state index is 11.6. The molecule has 2 rings (SSSR count).